The van der Waals surface area contributed by atoms with Crippen LogP contribution < -0.4 is 57.1 Å². The zero-order chi connectivity index (χ0) is 20.6. The minimum absolute atomic E-state index is 0. The van der Waals surface area contributed by atoms with Crippen LogP contribution in [0.3, 0.4) is 0 Å². The third kappa shape index (κ3) is 14.0. The van der Waals surface area contributed by atoms with Crippen LogP contribution in [0.4, 0.5) is 0 Å². The molecule has 0 aromatic carbocycles. The molecule has 0 heterocycles. The fourth-order valence-corrected chi connectivity index (χ4v) is 3.58. The number of rotatable bonds is 18. The van der Waals surface area contributed by atoms with Crippen LogP contribution in [0, 0.1) is 0 Å². The molecule has 162 valence electrons. The van der Waals surface area contributed by atoms with Gasteiger partial charge in [0.2, 0.25) is 0 Å². The van der Waals surface area contributed by atoms with Gasteiger partial charge in [0.05, 0.1) is 0 Å². The molecule has 0 aromatic heterocycles. The monoisotopic (exact) mass is 443 g/mol. The Morgan fingerprint density at radius 1 is 0.929 bits per heavy atom. The van der Waals surface area contributed by atoms with Gasteiger partial charge in [-0.1, -0.05) is 70.4 Å². The number of ketones is 1. The van der Waals surface area contributed by atoms with Gasteiger partial charge in [-0.15, -0.1) is 0 Å². The van der Waals surface area contributed by atoms with Crippen molar-refractivity contribution < 1.29 is 70.6 Å². The van der Waals surface area contributed by atoms with Crippen molar-refractivity contribution in [2.24, 2.45) is 5.73 Å². The molecule has 0 aliphatic heterocycles. The van der Waals surface area contributed by atoms with Crippen molar-refractivity contribution in [3.63, 3.8) is 0 Å². The van der Waals surface area contributed by atoms with Gasteiger partial charge in [0.1, 0.15) is 0 Å². The van der Waals surface area contributed by atoms with Crippen LogP contribution in [0.1, 0.15) is 105 Å². The van der Waals surface area contributed by atoms with Gasteiger partial charge in [-0.3, -0.25) is 9.35 Å². The first-order chi connectivity index (χ1) is 12.8. The van der Waals surface area contributed by atoms with Crippen molar-refractivity contribution in [2.45, 2.75) is 108 Å². The molecule has 0 aromatic rings. The summed E-state index contributed by atoms with van der Waals surface area (Å²) in [4.78, 5) is 12.0. The maximum absolute atomic E-state index is 12.0. The summed E-state index contributed by atoms with van der Waals surface area (Å²) < 4.78 is 30.0. The summed E-state index contributed by atoms with van der Waals surface area (Å²) in [5.74, 6) is -0.495. The second-order valence-electron chi connectivity index (χ2n) is 7.67. The minimum Gasteiger partial charge on any atom is -1.00 e. The Balaban J connectivity index is -0.00000338. The predicted molar refractivity (Wildman–Crippen MR) is 115 cm³/mol. The van der Waals surface area contributed by atoms with Crippen LogP contribution in [-0.4, -0.2) is 30.0 Å². The van der Waals surface area contributed by atoms with Crippen molar-refractivity contribution in [2.75, 3.05) is 6.54 Å². The predicted octanol–water partition coefficient (Wildman–Crippen LogP) is 2.31. The zero-order valence-corrected chi connectivity index (χ0v) is 22.4. The van der Waals surface area contributed by atoms with E-state index >= 15 is 0 Å². The fraction of sp³-hybridized carbons (Fsp3) is 0.857. The standard InChI is InChI=1S/C21H41NO4S.K.H/c1-3-4-5-6-7-8-9-10-11-12-13-14-15-16-17-18-20(23)21(2,19-22)27(24,25)26;;/h10-11H,3-9,12-19,22H2,1-2H3,(H,24,25,26);;/q;+1;-1/b11-10-;;. The van der Waals surface area contributed by atoms with Crippen LogP contribution in [0.15, 0.2) is 12.2 Å². The largest absolute Gasteiger partial charge is 1.00 e. The molecule has 1 atom stereocenters. The molecule has 0 saturated carbocycles. The first-order valence-corrected chi connectivity index (χ1v) is 12.1. The van der Waals surface area contributed by atoms with Crippen LogP contribution in [0.5, 0.6) is 0 Å². The van der Waals surface area contributed by atoms with E-state index in [0.717, 1.165) is 32.1 Å². The molecule has 0 rings (SSSR count). The molecule has 0 fully saturated rings. The molecule has 0 amide bonds. The van der Waals surface area contributed by atoms with Crippen molar-refractivity contribution in [1.29, 1.82) is 0 Å². The number of carbonyl (C=O) groups is 1. The maximum Gasteiger partial charge on any atom is 1.00 e. The second kappa shape index (κ2) is 18.7. The van der Waals surface area contributed by atoms with Crippen molar-refractivity contribution in [3.05, 3.63) is 12.2 Å². The summed E-state index contributed by atoms with van der Waals surface area (Å²) in [6.07, 6.45) is 19.8. The number of hydrogen-bond acceptors (Lipinski definition) is 4. The molecule has 5 nitrogen and oxygen atoms in total. The second-order valence-corrected chi connectivity index (χ2v) is 9.52. The Morgan fingerprint density at radius 2 is 1.36 bits per heavy atom. The van der Waals surface area contributed by atoms with Gasteiger partial charge in [0.15, 0.2) is 10.5 Å². The Kier molecular flexibility index (Phi) is 20.7. The minimum atomic E-state index is -4.47. The van der Waals surface area contributed by atoms with E-state index in [2.05, 4.69) is 19.1 Å². The molecule has 1 unspecified atom stereocenters. The summed E-state index contributed by atoms with van der Waals surface area (Å²) in [5.41, 5.74) is 5.38. The first kappa shape index (κ1) is 31.1. The number of Topliss-reactive ketones (excluding diaryl/α,β-unsaturated/α-hetero) is 1. The molecule has 0 spiro atoms. The fourth-order valence-electron chi connectivity index (χ4n) is 2.98. The molecule has 28 heavy (non-hydrogen) atoms. The third-order valence-corrected chi connectivity index (χ3v) is 6.75. The van der Waals surface area contributed by atoms with Crippen molar-refractivity contribution >= 4 is 15.9 Å². The topological polar surface area (TPSA) is 97.5 Å². The summed E-state index contributed by atoms with van der Waals surface area (Å²) in [6.45, 7) is 3.04. The molecule has 0 bridgehead atoms. The van der Waals surface area contributed by atoms with Crippen LogP contribution in [-0.2, 0) is 14.9 Å². The van der Waals surface area contributed by atoms with Crippen LogP contribution >= 0.6 is 0 Å². The SMILES string of the molecule is CCCCCCCC/C=C\CCCCCCCC(=O)C(C)(CN)S(=O)(=O)O.[H-].[K+]. The van der Waals surface area contributed by atoms with E-state index in [4.69, 9.17) is 5.73 Å². The van der Waals surface area contributed by atoms with Crippen molar-refractivity contribution in [3.8, 4) is 0 Å². The molecular weight excluding hydrogens is 401 g/mol. The summed E-state index contributed by atoms with van der Waals surface area (Å²) >= 11 is 0. The smallest absolute Gasteiger partial charge is 1.00 e. The average molecular weight is 444 g/mol. The van der Waals surface area contributed by atoms with Gasteiger partial charge in [-0.2, -0.15) is 8.42 Å². The Morgan fingerprint density at radius 3 is 1.79 bits per heavy atom. The number of carbonyl (C=O) groups excluding carboxylic acids is 1. The number of allylic oxidation sites excluding steroid dienone is 2. The van der Waals surface area contributed by atoms with Crippen LogP contribution in [0.25, 0.3) is 0 Å². The maximum atomic E-state index is 12.0. The van der Waals surface area contributed by atoms with E-state index in [1.807, 2.05) is 0 Å². The Labute approximate surface area is 217 Å². The zero-order valence-electron chi connectivity index (χ0n) is 19.4. The van der Waals surface area contributed by atoms with Gasteiger partial charge >= 0.3 is 51.4 Å². The Hall–Kier alpha value is 0.916. The number of hydrogen-bond donors (Lipinski definition) is 2. The normalized spacial score (nSPS) is 14.0. The van der Waals surface area contributed by atoms with Gasteiger partial charge < -0.3 is 7.16 Å². The molecular formula is C21H42KNO4S. The van der Waals surface area contributed by atoms with Crippen LogP contribution in [0.2, 0.25) is 0 Å². The average Bonchev–Trinajstić information content (AvgIpc) is 2.62. The molecule has 0 saturated heterocycles. The molecule has 3 N–H and O–H groups in total. The van der Waals surface area contributed by atoms with E-state index in [-0.39, 0.29) is 59.2 Å². The molecule has 0 aliphatic carbocycles. The number of nitrogens with two attached hydrogens (primary N) is 1. The summed E-state index contributed by atoms with van der Waals surface area (Å²) in [7, 11) is -4.47. The Bertz CT molecular complexity index is 529. The quantitative estimate of drug-likeness (QED) is 0.147. The van der Waals surface area contributed by atoms with E-state index in [9.17, 15) is 17.8 Å². The molecule has 7 heteroatoms. The van der Waals surface area contributed by atoms with E-state index in [1.54, 1.807) is 0 Å². The van der Waals surface area contributed by atoms with Gasteiger partial charge in [0.25, 0.3) is 10.1 Å². The van der Waals surface area contributed by atoms with Gasteiger partial charge in [-0.25, -0.2) is 0 Å². The molecule has 0 radical (unpaired) electrons. The summed E-state index contributed by atoms with van der Waals surface area (Å²) in [6, 6.07) is 0. The van der Waals surface area contributed by atoms with Gasteiger partial charge in [0, 0.05) is 13.0 Å². The molecule has 0 aliphatic rings. The summed E-state index contributed by atoms with van der Waals surface area (Å²) in [5, 5.41) is 0. The van der Waals surface area contributed by atoms with Gasteiger partial charge in [-0.05, 0) is 39.0 Å². The van der Waals surface area contributed by atoms with Crippen molar-refractivity contribution in [1.82, 2.24) is 0 Å². The van der Waals surface area contributed by atoms with E-state index in [0.29, 0.717) is 6.42 Å². The number of unbranched alkanes of at least 4 members (excludes halogenated alkanes) is 11. The third-order valence-electron chi connectivity index (χ3n) is 5.21. The van der Waals surface area contributed by atoms with E-state index in [1.165, 1.54) is 51.9 Å². The first-order valence-electron chi connectivity index (χ1n) is 10.6. The van der Waals surface area contributed by atoms with E-state index < -0.39 is 27.2 Å².